The molecule has 2 nitrogen and oxygen atoms in total. The summed E-state index contributed by atoms with van der Waals surface area (Å²) in [5, 5.41) is 17.3. The highest BCUT2D eigenvalue weighted by Crippen LogP contribution is 2.47. The Labute approximate surface area is 515 Å². The number of furan rings is 2. The average molecular weight is 1130 g/mol. The summed E-state index contributed by atoms with van der Waals surface area (Å²) in [5.41, 5.74) is 18.3. The van der Waals surface area contributed by atoms with Gasteiger partial charge in [0.25, 0.3) is 0 Å². The molecule has 0 atom stereocenters. The van der Waals surface area contributed by atoms with Crippen molar-refractivity contribution in [2.45, 2.75) is 41.5 Å². The zero-order chi connectivity index (χ0) is 60.1. The summed E-state index contributed by atoms with van der Waals surface area (Å²) >= 11 is 0. The summed E-state index contributed by atoms with van der Waals surface area (Å²) in [5.74, 6) is 0. The molecular weight excluding hydrogens is 1060 g/mol. The Morgan fingerprint density at radius 1 is 0.182 bits per heavy atom. The van der Waals surface area contributed by atoms with Gasteiger partial charge in [0.1, 0.15) is 22.3 Å². The van der Waals surface area contributed by atoms with Crippen LogP contribution in [0.2, 0.25) is 0 Å². The predicted octanol–water partition coefficient (Wildman–Crippen LogP) is 26.0. The third kappa shape index (κ3) is 10.0. The maximum Gasteiger partial charge on any atom is 0.143 e. The monoisotopic (exact) mass is 1130 g/mol. The summed E-state index contributed by atoms with van der Waals surface area (Å²) in [7, 11) is 0. The molecule has 0 radical (unpaired) electrons. The topological polar surface area (TPSA) is 26.3 Å². The molecule has 0 aliphatic carbocycles. The van der Waals surface area contributed by atoms with Crippen molar-refractivity contribution in [1.29, 1.82) is 0 Å². The Balaban J connectivity index is 0.000000150. The smallest absolute Gasteiger partial charge is 0.143 e. The normalized spacial score (nSPS) is 11.1. The second-order valence-corrected chi connectivity index (χ2v) is 21.3. The molecule has 0 aliphatic rings. The molecule has 0 spiro atoms. The molecule has 17 rings (SSSR count). The SMILES string of the molecule is CC.CC.CC.c1ccc(-c2c3ccccc3c(-c3ccc(-c4cccc5c4oc4ccccc45)cc3)c3ccccc23)cc1.c1ccc2cc(-c3c4ccccc4c(-c4ccc(-c5cccc6c5oc5ccccc56)cc4)c4ccccc34)ccc2c1. The third-order valence-corrected chi connectivity index (χ3v) is 16.7. The Hall–Kier alpha value is -10.8. The van der Waals surface area contributed by atoms with Gasteiger partial charge < -0.3 is 8.83 Å². The fourth-order valence-electron chi connectivity index (χ4n) is 13.0. The lowest BCUT2D eigenvalue weighted by Gasteiger charge is -2.18. The first kappa shape index (κ1) is 56.3. The average Bonchev–Trinajstić information content (AvgIpc) is 1.21. The predicted molar refractivity (Wildman–Crippen MR) is 382 cm³/mol. The molecule has 17 aromatic rings. The standard InChI is InChI=1S/C42H26O.C38H24O.3C2H6/c1-2-11-30-26-31(25-20-27(30)10-1)41-36-15-5-3-13-34(36)40(35-14-4-6-16-37(35)41)29-23-21-28(22-24-29)32-17-9-18-38-33-12-7-8-19-39(33)43-42(32)38;1-2-11-26(12-3-1)36-30-14-4-6-16-32(30)37(33-17-7-5-15-31(33)36)27-23-21-25(22-24-27)28-18-10-19-34-29-13-8-9-20-35(29)39-38(28)34;3*1-2/h1-26H;1-24H;3*1-2H3. The molecular formula is C86H68O2. The molecule has 0 aliphatic heterocycles. The zero-order valence-corrected chi connectivity index (χ0v) is 50.7. The molecule has 0 unspecified atom stereocenters. The van der Waals surface area contributed by atoms with Gasteiger partial charge in [-0.2, -0.15) is 0 Å². The maximum absolute atomic E-state index is 6.35. The molecule has 0 amide bonds. The van der Waals surface area contributed by atoms with E-state index in [1.165, 1.54) is 98.4 Å². The van der Waals surface area contributed by atoms with Crippen molar-refractivity contribution in [3.63, 3.8) is 0 Å². The van der Waals surface area contributed by atoms with Gasteiger partial charge in [-0.15, -0.1) is 0 Å². The van der Waals surface area contributed by atoms with Gasteiger partial charge in [0.05, 0.1) is 0 Å². The van der Waals surface area contributed by atoms with Gasteiger partial charge in [0, 0.05) is 32.7 Å². The number of rotatable bonds is 6. The quantitative estimate of drug-likeness (QED) is 0.155. The van der Waals surface area contributed by atoms with Crippen molar-refractivity contribution in [2.75, 3.05) is 0 Å². The molecule has 0 bridgehead atoms. The third-order valence-electron chi connectivity index (χ3n) is 16.7. The Morgan fingerprint density at radius 3 is 0.841 bits per heavy atom. The molecule has 0 fully saturated rings. The lowest BCUT2D eigenvalue weighted by Crippen LogP contribution is -1.91. The lowest BCUT2D eigenvalue weighted by molar-refractivity contribution is 0.669. The fraction of sp³-hybridized carbons (Fsp3) is 0.0698. The Morgan fingerprint density at radius 2 is 0.455 bits per heavy atom. The van der Waals surface area contributed by atoms with Crippen LogP contribution in [0.5, 0.6) is 0 Å². The molecule has 15 aromatic carbocycles. The fourth-order valence-corrected chi connectivity index (χ4v) is 13.0. The second kappa shape index (κ2) is 25.0. The number of fused-ring (bicyclic) bond motifs is 11. The van der Waals surface area contributed by atoms with Crippen LogP contribution in [0, 0.1) is 0 Å². The highest BCUT2D eigenvalue weighted by molar-refractivity contribution is 6.23. The van der Waals surface area contributed by atoms with Gasteiger partial charge >= 0.3 is 0 Å². The van der Waals surface area contributed by atoms with E-state index < -0.39 is 0 Å². The molecule has 88 heavy (non-hydrogen) atoms. The van der Waals surface area contributed by atoms with E-state index in [-0.39, 0.29) is 0 Å². The van der Waals surface area contributed by atoms with Crippen LogP contribution < -0.4 is 0 Å². The first-order chi connectivity index (χ1) is 43.7. The Bertz CT molecular complexity index is 5200. The van der Waals surface area contributed by atoms with Crippen LogP contribution in [0.3, 0.4) is 0 Å². The van der Waals surface area contributed by atoms with Crippen LogP contribution in [0.4, 0.5) is 0 Å². The summed E-state index contributed by atoms with van der Waals surface area (Å²) in [6.45, 7) is 12.0. The van der Waals surface area contributed by atoms with Gasteiger partial charge in [0.2, 0.25) is 0 Å². The zero-order valence-electron chi connectivity index (χ0n) is 50.7. The summed E-state index contributed by atoms with van der Waals surface area (Å²) in [6.07, 6.45) is 0. The van der Waals surface area contributed by atoms with Crippen molar-refractivity contribution >= 4 is 97.7 Å². The summed E-state index contributed by atoms with van der Waals surface area (Å²) < 4.78 is 12.7. The van der Waals surface area contributed by atoms with E-state index in [1.54, 1.807) is 0 Å². The highest BCUT2D eigenvalue weighted by Gasteiger charge is 2.20. The van der Waals surface area contributed by atoms with Crippen LogP contribution >= 0.6 is 0 Å². The second-order valence-electron chi connectivity index (χ2n) is 21.3. The van der Waals surface area contributed by atoms with E-state index in [0.717, 1.165) is 66.1 Å². The van der Waals surface area contributed by atoms with E-state index >= 15 is 0 Å². The number of hydrogen-bond acceptors (Lipinski definition) is 2. The van der Waals surface area contributed by atoms with Crippen molar-refractivity contribution in [3.05, 3.63) is 303 Å². The van der Waals surface area contributed by atoms with Crippen LogP contribution in [0.15, 0.2) is 312 Å². The van der Waals surface area contributed by atoms with E-state index in [2.05, 4.69) is 279 Å². The first-order valence-corrected chi connectivity index (χ1v) is 31.1. The lowest BCUT2D eigenvalue weighted by atomic mass is 9.85. The van der Waals surface area contributed by atoms with Crippen LogP contribution in [0.1, 0.15) is 41.5 Å². The van der Waals surface area contributed by atoms with Crippen LogP contribution in [0.25, 0.3) is 165 Å². The van der Waals surface area contributed by atoms with Crippen molar-refractivity contribution in [1.82, 2.24) is 0 Å². The van der Waals surface area contributed by atoms with Crippen LogP contribution in [-0.2, 0) is 0 Å². The number of hydrogen-bond donors (Lipinski definition) is 0. The van der Waals surface area contributed by atoms with E-state index in [9.17, 15) is 0 Å². The van der Waals surface area contributed by atoms with Crippen LogP contribution in [-0.4, -0.2) is 0 Å². The van der Waals surface area contributed by atoms with Gasteiger partial charge in [-0.1, -0.05) is 327 Å². The van der Waals surface area contributed by atoms with Gasteiger partial charge in [-0.25, -0.2) is 0 Å². The van der Waals surface area contributed by atoms with E-state index in [1.807, 2.05) is 65.8 Å². The molecule has 424 valence electrons. The van der Waals surface area contributed by atoms with E-state index in [4.69, 9.17) is 8.83 Å². The number of para-hydroxylation sites is 4. The summed E-state index contributed by atoms with van der Waals surface area (Å²) in [6, 6.07) is 109. The minimum Gasteiger partial charge on any atom is -0.455 e. The molecule has 2 aromatic heterocycles. The molecule has 0 saturated carbocycles. The number of benzene rings is 15. The molecule has 2 heterocycles. The van der Waals surface area contributed by atoms with Crippen molar-refractivity contribution in [2.24, 2.45) is 0 Å². The van der Waals surface area contributed by atoms with E-state index in [0.29, 0.717) is 0 Å². The first-order valence-electron chi connectivity index (χ1n) is 31.1. The minimum atomic E-state index is 0.922. The Kier molecular flexibility index (Phi) is 16.0. The molecule has 0 N–H and O–H groups in total. The molecule has 2 heteroatoms. The van der Waals surface area contributed by atoms with Gasteiger partial charge in [-0.3, -0.25) is 0 Å². The van der Waals surface area contributed by atoms with Gasteiger partial charge in [-0.05, 0) is 128 Å². The minimum absolute atomic E-state index is 0.922. The van der Waals surface area contributed by atoms with Crippen molar-refractivity contribution in [3.8, 4) is 66.8 Å². The van der Waals surface area contributed by atoms with Crippen molar-refractivity contribution < 1.29 is 8.83 Å². The largest absolute Gasteiger partial charge is 0.455 e. The van der Waals surface area contributed by atoms with Gasteiger partial charge in [0.15, 0.2) is 0 Å². The summed E-state index contributed by atoms with van der Waals surface area (Å²) in [4.78, 5) is 0. The highest BCUT2D eigenvalue weighted by atomic mass is 16.3. The maximum atomic E-state index is 6.35. The molecule has 0 saturated heterocycles.